The lowest BCUT2D eigenvalue weighted by molar-refractivity contribution is -0.147. The molecule has 1 unspecified atom stereocenters. The lowest BCUT2D eigenvalue weighted by atomic mass is 9.90. The number of carbonyl (C=O) groups excluding carboxylic acids is 2. The quantitative estimate of drug-likeness (QED) is 0.436. The number of esters is 1. The summed E-state index contributed by atoms with van der Waals surface area (Å²) in [6, 6.07) is 1.72. The van der Waals surface area contributed by atoms with E-state index in [1.807, 2.05) is 13.8 Å². The van der Waals surface area contributed by atoms with Gasteiger partial charge in [0.15, 0.2) is 5.78 Å². The van der Waals surface area contributed by atoms with Crippen LogP contribution in [0.2, 0.25) is 0 Å². The van der Waals surface area contributed by atoms with Gasteiger partial charge in [-0.3, -0.25) is 14.6 Å². The largest absolute Gasteiger partial charge is 0.465 e. The van der Waals surface area contributed by atoms with Gasteiger partial charge in [0.05, 0.1) is 6.61 Å². The van der Waals surface area contributed by atoms with E-state index in [4.69, 9.17) is 4.74 Å². The first kappa shape index (κ1) is 16.3. The van der Waals surface area contributed by atoms with Crippen molar-refractivity contribution in [2.24, 2.45) is 11.8 Å². The molecule has 0 saturated carbocycles. The van der Waals surface area contributed by atoms with Crippen LogP contribution in [-0.2, 0) is 9.53 Å². The Morgan fingerprint density at radius 3 is 2.47 bits per heavy atom. The summed E-state index contributed by atoms with van der Waals surface area (Å²) in [5, 5.41) is 0. The Balaban J connectivity index is 3.09. The molecule has 0 aliphatic heterocycles. The first-order valence-corrected chi connectivity index (χ1v) is 7.49. The van der Waals surface area contributed by atoms with E-state index in [9.17, 15) is 9.59 Å². The molecule has 0 radical (unpaired) electrons. The van der Waals surface area contributed by atoms with Gasteiger partial charge in [-0.2, -0.15) is 0 Å². The van der Waals surface area contributed by atoms with Crippen LogP contribution in [0.25, 0.3) is 0 Å². The summed E-state index contributed by atoms with van der Waals surface area (Å²) >= 11 is 6.56. The van der Waals surface area contributed by atoms with Gasteiger partial charge >= 0.3 is 5.97 Å². The molecule has 19 heavy (non-hydrogen) atoms. The first-order valence-electron chi connectivity index (χ1n) is 5.90. The summed E-state index contributed by atoms with van der Waals surface area (Å²) in [5.41, 5.74) is 0.245. The van der Waals surface area contributed by atoms with Crippen LogP contribution >= 0.6 is 31.9 Å². The van der Waals surface area contributed by atoms with Crippen LogP contribution in [0.1, 0.15) is 31.3 Å². The van der Waals surface area contributed by atoms with Gasteiger partial charge in [0.1, 0.15) is 11.6 Å². The molecule has 0 saturated heterocycles. The maximum atomic E-state index is 12.4. The Bertz CT molecular complexity index is 489. The Labute approximate surface area is 129 Å². The number of nitrogens with zero attached hydrogens (tertiary/aromatic N) is 1. The zero-order valence-corrected chi connectivity index (χ0v) is 14.1. The van der Waals surface area contributed by atoms with E-state index in [1.165, 1.54) is 6.20 Å². The molecule has 0 aliphatic rings. The molecule has 1 atom stereocenters. The zero-order chi connectivity index (χ0) is 14.6. The van der Waals surface area contributed by atoms with Gasteiger partial charge < -0.3 is 4.74 Å². The molecule has 0 spiro atoms. The number of rotatable bonds is 5. The number of hydrogen-bond acceptors (Lipinski definition) is 4. The number of pyridine rings is 1. The highest BCUT2D eigenvalue weighted by Gasteiger charge is 2.33. The minimum Gasteiger partial charge on any atom is -0.465 e. The first-order chi connectivity index (χ1) is 8.88. The number of ether oxygens (including phenoxy) is 1. The number of Topliss-reactive ketones (excluding diaryl/α,β-unsaturated/α-hetero) is 1. The second kappa shape index (κ2) is 7.14. The van der Waals surface area contributed by atoms with Gasteiger partial charge in [-0.1, -0.05) is 13.8 Å². The van der Waals surface area contributed by atoms with Crippen molar-refractivity contribution in [1.29, 1.82) is 0 Å². The zero-order valence-electron chi connectivity index (χ0n) is 10.9. The number of hydrogen-bond donors (Lipinski definition) is 0. The Morgan fingerprint density at radius 2 is 2.00 bits per heavy atom. The fourth-order valence-electron chi connectivity index (χ4n) is 1.66. The molecule has 0 aromatic carbocycles. The molecule has 0 bridgehead atoms. The van der Waals surface area contributed by atoms with Gasteiger partial charge in [0.25, 0.3) is 0 Å². The number of aromatic nitrogens is 1. The normalized spacial score (nSPS) is 12.3. The molecule has 0 amide bonds. The van der Waals surface area contributed by atoms with E-state index in [0.717, 1.165) is 4.47 Å². The van der Waals surface area contributed by atoms with E-state index in [-0.39, 0.29) is 24.0 Å². The predicted octanol–water partition coefficient (Wildman–Crippen LogP) is 3.62. The molecular weight excluding hydrogens is 378 g/mol. The Morgan fingerprint density at radius 1 is 1.37 bits per heavy atom. The molecule has 4 nitrogen and oxygen atoms in total. The Kier molecular flexibility index (Phi) is 6.13. The lowest BCUT2D eigenvalue weighted by Gasteiger charge is -2.18. The average Bonchev–Trinajstić information content (AvgIpc) is 2.28. The summed E-state index contributed by atoms with van der Waals surface area (Å²) in [6.07, 6.45) is 1.53. The molecule has 1 heterocycles. The number of halogens is 2. The van der Waals surface area contributed by atoms with E-state index in [0.29, 0.717) is 4.47 Å². The highest BCUT2D eigenvalue weighted by Crippen LogP contribution is 2.25. The third kappa shape index (κ3) is 4.11. The highest BCUT2D eigenvalue weighted by molar-refractivity contribution is 9.11. The monoisotopic (exact) mass is 391 g/mol. The molecule has 0 aliphatic carbocycles. The van der Waals surface area contributed by atoms with Gasteiger partial charge in [-0.15, -0.1) is 0 Å². The third-order valence-corrected chi connectivity index (χ3v) is 3.57. The second-order valence-electron chi connectivity index (χ2n) is 4.32. The summed E-state index contributed by atoms with van der Waals surface area (Å²) in [5.74, 6) is -1.80. The molecule has 1 aromatic rings. The van der Waals surface area contributed by atoms with Crippen molar-refractivity contribution in [3.05, 3.63) is 26.9 Å². The lowest BCUT2D eigenvalue weighted by Crippen LogP contribution is -2.31. The minimum absolute atomic E-state index is 0.149. The van der Waals surface area contributed by atoms with Crippen molar-refractivity contribution >= 4 is 43.6 Å². The summed E-state index contributed by atoms with van der Waals surface area (Å²) in [7, 11) is 0. The number of carbonyl (C=O) groups is 2. The van der Waals surface area contributed by atoms with Crippen LogP contribution in [0.15, 0.2) is 21.2 Å². The van der Waals surface area contributed by atoms with Crippen molar-refractivity contribution in [3.8, 4) is 0 Å². The van der Waals surface area contributed by atoms with Crippen molar-refractivity contribution in [1.82, 2.24) is 4.98 Å². The maximum absolute atomic E-state index is 12.4. The highest BCUT2D eigenvalue weighted by atomic mass is 79.9. The second-order valence-corrected chi connectivity index (χ2v) is 6.09. The van der Waals surface area contributed by atoms with Crippen molar-refractivity contribution in [2.75, 3.05) is 6.61 Å². The molecule has 104 valence electrons. The smallest absolute Gasteiger partial charge is 0.317 e. The number of ketones is 1. The molecule has 1 aromatic heterocycles. The molecular formula is C13H15Br2NO3. The average molecular weight is 393 g/mol. The van der Waals surface area contributed by atoms with Crippen molar-refractivity contribution in [2.45, 2.75) is 20.8 Å². The van der Waals surface area contributed by atoms with Gasteiger partial charge in [0, 0.05) is 15.1 Å². The van der Waals surface area contributed by atoms with Crippen LogP contribution < -0.4 is 0 Å². The van der Waals surface area contributed by atoms with E-state index in [1.54, 1.807) is 13.0 Å². The van der Waals surface area contributed by atoms with Gasteiger partial charge in [0.2, 0.25) is 0 Å². The standard InChI is InChI=1S/C13H15Br2NO3/c1-4-19-13(18)10(7(2)3)12(17)11-9(15)5-8(14)6-16-11/h5-7,10H,4H2,1-3H3. The third-order valence-electron chi connectivity index (χ3n) is 2.53. The van der Waals surface area contributed by atoms with Gasteiger partial charge in [-0.05, 0) is 50.8 Å². The van der Waals surface area contributed by atoms with E-state index >= 15 is 0 Å². The molecule has 0 N–H and O–H groups in total. The Hall–Kier alpha value is -0.750. The fourth-order valence-corrected chi connectivity index (χ4v) is 2.84. The summed E-state index contributed by atoms with van der Waals surface area (Å²) in [4.78, 5) is 28.4. The van der Waals surface area contributed by atoms with Crippen LogP contribution in [0.4, 0.5) is 0 Å². The van der Waals surface area contributed by atoms with Gasteiger partial charge in [-0.25, -0.2) is 0 Å². The summed E-state index contributed by atoms with van der Waals surface area (Å²) < 4.78 is 6.27. The molecule has 0 fully saturated rings. The molecule has 1 rings (SSSR count). The summed E-state index contributed by atoms with van der Waals surface area (Å²) in [6.45, 7) is 5.59. The van der Waals surface area contributed by atoms with E-state index < -0.39 is 11.9 Å². The van der Waals surface area contributed by atoms with E-state index in [2.05, 4.69) is 36.8 Å². The molecule has 6 heteroatoms. The van der Waals surface area contributed by atoms with Crippen molar-refractivity contribution < 1.29 is 14.3 Å². The maximum Gasteiger partial charge on any atom is 0.317 e. The minimum atomic E-state index is -0.829. The van der Waals surface area contributed by atoms with Crippen LogP contribution in [-0.4, -0.2) is 23.3 Å². The topological polar surface area (TPSA) is 56.3 Å². The van der Waals surface area contributed by atoms with Crippen LogP contribution in [0, 0.1) is 11.8 Å². The van der Waals surface area contributed by atoms with Crippen LogP contribution in [0.3, 0.4) is 0 Å². The SMILES string of the molecule is CCOC(=O)C(C(=O)c1ncc(Br)cc1Br)C(C)C. The fraction of sp³-hybridized carbons (Fsp3) is 0.462. The van der Waals surface area contributed by atoms with Crippen molar-refractivity contribution in [3.63, 3.8) is 0 Å². The predicted molar refractivity (Wildman–Crippen MR) is 78.9 cm³/mol. The van der Waals surface area contributed by atoms with Crippen LogP contribution in [0.5, 0.6) is 0 Å².